The molecule has 3 N–H and O–H groups in total. The van der Waals surface area contributed by atoms with E-state index in [-0.39, 0.29) is 23.7 Å². The molecule has 37 heavy (non-hydrogen) atoms. The number of aromatic nitrogens is 2. The quantitative estimate of drug-likeness (QED) is 0.342. The van der Waals surface area contributed by atoms with Crippen LogP contribution in [-0.4, -0.2) is 54.9 Å². The van der Waals surface area contributed by atoms with E-state index < -0.39 is 41.7 Å². The highest BCUT2D eigenvalue weighted by molar-refractivity contribution is 7.89. The minimum absolute atomic E-state index is 0.110. The van der Waals surface area contributed by atoms with Crippen molar-refractivity contribution in [2.24, 2.45) is 0 Å². The van der Waals surface area contributed by atoms with E-state index in [1.165, 1.54) is 12.1 Å². The second-order valence-corrected chi connectivity index (χ2v) is 11.2. The van der Waals surface area contributed by atoms with Crippen LogP contribution in [0.4, 0.5) is 23.1 Å². The van der Waals surface area contributed by atoms with Gasteiger partial charge in [0.05, 0.1) is 4.90 Å². The summed E-state index contributed by atoms with van der Waals surface area (Å²) in [6, 6.07) is 12.9. The lowest BCUT2D eigenvalue weighted by atomic mass is 10.1. The van der Waals surface area contributed by atoms with Gasteiger partial charge in [0, 0.05) is 43.4 Å². The molecule has 10 heteroatoms. The molecule has 1 saturated heterocycles. The fourth-order valence-corrected chi connectivity index (χ4v) is 4.88. The zero-order chi connectivity index (χ0) is 31.8. The van der Waals surface area contributed by atoms with Gasteiger partial charge < -0.3 is 15.4 Å². The van der Waals surface area contributed by atoms with Crippen molar-refractivity contribution < 1.29 is 21.4 Å². The topological polar surface area (TPSA) is 108 Å². The van der Waals surface area contributed by atoms with Crippen LogP contribution in [0.15, 0.2) is 59.6 Å². The Morgan fingerprint density at radius 3 is 2.51 bits per heavy atom. The van der Waals surface area contributed by atoms with Gasteiger partial charge in [0.25, 0.3) is 0 Å². The Balaban J connectivity index is 1.42. The Hall–Kier alpha value is -3.21. The summed E-state index contributed by atoms with van der Waals surface area (Å²) >= 11 is 0. The van der Waals surface area contributed by atoms with E-state index in [9.17, 15) is 8.42 Å². The van der Waals surface area contributed by atoms with Crippen LogP contribution in [-0.2, 0) is 10.0 Å². The molecule has 198 valence electrons. The van der Waals surface area contributed by atoms with Gasteiger partial charge in [0.2, 0.25) is 16.0 Å². The molecule has 0 amide bonds. The number of aryl methyl sites for hydroxylation is 1. The maximum Gasteiger partial charge on any atom is 0.241 e. The summed E-state index contributed by atoms with van der Waals surface area (Å²) in [6.07, 6.45) is 1.40. The van der Waals surface area contributed by atoms with Gasteiger partial charge in [-0.2, -0.15) is 4.98 Å². The first-order valence-corrected chi connectivity index (χ1v) is 13.3. The molecular formula is C27H36N6O3S. The fourth-order valence-electron chi connectivity index (χ4n) is 3.42. The molecule has 0 radical (unpaired) electrons. The molecule has 0 unspecified atom stereocenters. The van der Waals surface area contributed by atoms with Gasteiger partial charge in [-0.3, -0.25) is 4.90 Å². The van der Waals surface area contributed by atoms with Crippen LogP contribution in [0, 0.1) is 6.92 Å². The molecule has 4 rings (SSSR count). The molecule has 1 aromatic heterocycles. The van der Waals surface area contributed by atoms with Gasteiger partial charge in [0.15, 0.2) is 0 Å². The first-order valence-electron chi connectivity index (χ1n) is 14.8. The number of rotatable bonds is 10. The highest BCUT2D eigenvalue weighted by atomic mass is 32.2. The summed E-state index contributed by atoms with van der Waals surface area (Å²) in [4.78, 5) is 9.56. The molecule has 0 atom stereocenters. The third-order valence-corrected chi connectivity index (χ3v) is 6.81. The largest absolute Gasteiger partial charge is 0.492 e. The van der Waals surface area contributed by atoms with Gasteiger partial charge in [0.1, 0.15) is 18.2 Å². The molecule has 2 aromatic carbocycles. The summed E-state index contributed by atoms with van der Waals surface area (Å²) in [5.41, 5.74) is 1.24. The van der Waals surface area contributed by atoms with Crippen LogP contribution < -0.4 is 20.1 Å². The highest BCUT2D eigenvalue weighted by Crippen LogP contribution is 2.24. The fraction of sp³-hybridized carbons (Fsp3) is 0.407. The summed E-state index contributed by atoms with van der Waals surface area (Å²) in [6.45, 7) is -0.0819. The first kappa shape index (κ1) is 19.8. The van der Waals surface area contributed by atoms with Crippen molar-refractivity contribution in [3.05, 3.63) is 60.3 Å². The molecule has 2 heterocycles. The second kappa shape index (κ2) is 11.5. The number of ether oxygens (including phenoxy) is 1. The van der Waals surface area contributed by atoms with Crippen molar-refractivity contribution in [3.8, 4) is 5.75 Å². The minimum Gasteiger partial charge on any atom is -0.492 e. The van der Waals surface area contributed by atoms with Crippen LogP contribution in [0.2, 0.25) is 0 Å². The number of nitrogens with one attached hydrogen (secondary N) is 3. The molecule has 1 aliphatic rings. The Bertz CT molecular complexity index is 1550. The number of hydrogen-bond acceptors (Lipinski definition) is 8. The molecule has 0 aliphatic carbocycles. The lowest BCUT2D eigenvalue weighted by Gasteiger charge is -2.20. The van der Waals surface area contributed by atoms with Crippen LogP contribution >= 0.6 is 0 Å². The van der Waals surface area contributed by atoms with E-state index in [1.54, 1.807) is 63.4 Å². The normalized spacial score (nSPS) is 20.0. The molecular weight excluding hydrogens is 488 g/mol. The summed E-state index contributed by atoms with van der Waals surface area (Å²) in [5.74, 6) is 1.06. The number of sulfonamides is 1. The van der Waals surface area contributed by atoms with Crippen molar-refractivity contribution in [1.82, 2.24) is 19.6 Å². The van der Waals surface area contributed by atoms with Gasteiger partial charge >= 0.3 is 0 Å². The number of nitrogens with zero attached hydrogens (tertiary/aromatic N) is 3. The van der Waals surface area contributed by atoms with Crippen molar-refractivity contribution in [2.45, 2.75) is 51.0 Å². The van der Waals surface area contributed by atoms with Crippen molar-refractivity contribution in [2.75, 3.05) is 36.7 Å². The van der Waals surface area contributed by atoms with E-state index in [4.69, 9.17) is 13.0 Å². The molecule has 0 saturated carbocycles. The molecule has 9 nitrogen and oxygen atoms in total. The van der Waals surface area contributed by atoms with E-state index >= 15 is 0 Å². The summed E-state index contributed by atoms with van der Waals surface area (Å²) < 4.78 is 82.4. The molecule has 0 bridgehead atoms. The Morgan fingerprint density at radius 2 is 1.81 bits per heavy atom. The molecule has 1 fully saturated rings. The maximum absolute atomic E-state index is 12.8. The van der Waals surface area contributed by atoms with Crippen molar-refractivity contribution in [3.63, 3.8) is 0 Å². The van der Waals surface area contributed by atoms with Gasteiger partial charge in [-0.05, 0) is 96.0 Å². The minimum atomic E-state index is -3.72. The SMILES string of the molecule is [2H]C1([2H])CCC([2H])([2H])N1C([2H])([2H])COc1ccc(Nc2ncc(C)c(Nc3cccc(S(=O)(=O)NC(C)(C)C)c3)n2)cc1. The van der Waals surface area contributed by atoms with E-state index in [2.05, 4.69) is 25.3 Å². The Morgan fingerprint density at radius 1 is 1.08 bits per heavy atom. The number of likely N-dealkylation sites (tertiary alicyclic amines) is 1. The van der Waals surface area contributed by atoms with Gasteiger partial charge in [-0.15, -0.1) is 0 Å². The number of benzene rings is 2. The lowest BCUT2D eigenvalue weighted by molar-refractivity contribution is 0.238. The first-order chi connectivity index (χ1) is 19.8. The van der Waals surface area contributed by atoms with Crippen LogP contribution in [0.1, 0.15) is 47.4 Å². The monoisotopic (exact) mass is 530 g/mol. The molecule has 3 aromatic rings. The predicted molar refractivity (Wildman–Crippen MR) is 147 cm³/mol. The van der Waals surface area contributed by atoms with E-state index in [1.807, 2.05) is 6.92 Å². The van der Waals surface area contributed by atoms with Crippen LogP contribution in [0.3, 0.4) is 0 Å². The zero-order valence-electron chi connectivity index (χ0n) is 27.3. The van der Waals surface area contributed by atoms with Crippen molar-refractivity contribution >= 4 is 33.2 Å². The van der Waals surface area contributed by atoms with E-state index in [0.29, 0.717) is 27.8 Å². The number of anilines is 4. The van der Waals surface area contributed by atoms with Crippen LogP contribution in [0.5, 0.6) is 5.75 Å². The summed E-state index contributed by atoms with van der Waals surface area (Å²) in [5, 5.41) is 6.23. The molecule has 0 spiro atoms. The standard InChI is InChI=1S/C27H36N6O3S/c1-20-19-28-26(30-21-10-12-23(13-11-21)36-17-16-33-14-5-6-15-33)31-25(20)29-22-8-7-9-24(18-22)37(34,35)32-27(2,3)4/h7-13,18-19,32H,5-6,14-17H2,1-4H3,(H2,28,29,30,31)/i14D2,15D2,16D2. The van der Waals surface area contributed by atoms with Crippen LogP contribution in [0.25, 0.3) is 0 Å². The third kappa shape index (κ3) is 7.88. The third-order valence-electron chi connectivity index (χ3n) is 5.06. The zero-order valence-corrected chi connectivity index (χ0v) is 22.1. The Kier molecular flexibility index (Phi) is 6.14. The molecule has 1 aliphatic heterocycles. The maximum atomic E-state index is 12.8. The smallest absolute Gasteiger partial charge is 0.241 e. The second-order valence-electron chi connectivity index (χ2n) is 9.48. The van der Waals surface area contributed by atoms with Crippen molar-refractivity contribution in [1.29, 1.82) is 0 Å². The average Bonchev–Trinajstić information content (AvgIpc) is 3.12. The van der Waals surface area contributed by atoms with E-state index in [0.717, 1.165) is 5.56 Å². The lowest BCUT2D eigenvalue weighted by Crippen LogP contribution is -2.40. The predicted octanol–water partition coefficient (Wildman–Crippen LogP) is 4.82. The highest BCUT2D eigenvalue weighted by Gasteiger charge is 2.22. The number of hydrogen-bond donors (Lipinski definition) is 3. The Labute approximate surface area is 228 Å². The average molecular weight is 531 g/mol. The summed E-state index contributed by atoms with van der Waals surface area (Å²) in [7, 11) is -3.72. The van der Waals surface area contributed by atoms with Gasteiger partial charge in [-0.25, -0.2) is 18.1 Å². The van der Waals surface area contributed by atoms with Gasteiger partial charge in [-0.1, -0.05) is 6.07 Å².